The topological polar surface area (TPSA) is 57.8 Å². The molecule has 0 aliphatic carbocycles. The highest BCUT2D eigenvalue weighted by molar-refractivity contribution is 5.93. The zero-order chi connectivity index (χ0) is 9.97. The number of esters is 1. The van der Waals surface area contributed by atoms with E-state index in [2.05, 4.69) is 6.92 Å². The molecule has 0 bridgehead atoms. The average molecular weight is 208 g/mol. The Labute approximate surface area is 89.4 Å². The van der Waals surface area contributed by atoms with E-state index >= 15 is 0 Å². The number of cyclic esters (lactones) is 1. The number of carbonyl (C=O) groups excluding carboxylic acids is 1. The van der Waals surface area contributed by atoms with Crippen LogP contribution in [0.4, 0.5) is 0 Å². The maximum absolute atomic E-state index is 11.4. The quantitative estimate of drug-likeness (QED) is 0.715. The van der Waals surface area contributed by atoms with Crippen molar-refractivity contribution in [1.82, 2.24) is 0 Å². The molecule has 1 aliphatic rings. The van der Waals surface area contributed by atoms with Crippen LogP contribution in [0.5, 0.6) is 0 Å². The molecule has 0 aromatic heterocycles. The minimum Gasteiger partial charge on any atom is -0.454 e. The van der Waals surface area contributed by atoms with Crippen molar-refractivity contribution in [2.24, 2.45) is 0 Å². The molecular formula is C12H16O3. The molecule has 3 nitrogen and oxygen atoms in total. The average Bonchev–Trinajstić information content (AvgIpc) is 2.54. The van der Waals surface area contributed by atoms with Crippen LogP contribution in [0.1, 0.15) is 48.2 Å². The molecule has 0 saturated carbocycles. The predicted molar refractivity (Wildman–Crippen MR) is 57.7 cm³/mol. The van der Waals surface area contributed by atoms with Gasteiger partial charge in [-0.2, -0.15) is 0 Å². The monoisotopic (exact) mass is 208 g/mol. The van der Waals surface area contributed by atoms with E-state index in [1.807, 2.05) is 24.3 Å². The van der Waals surface area contributed by atoms with Gasteiger partial charge in [0.25, 0.3) is 0 Å². The summed E-state index contributed by atoms with van der Waals surface area (Å²) in [5, 5.41) is 0. The lowest BCUT2D eigenvalue weighted by Gasteiger charge is -2.08. The first-order chi connectivity index (χ1) is 6.83. The molecule has 2 rings (SSSR count). The SMILES string of the molecule is CCCCC1OC(=O)c2ccccc21.O. The van der Waals surface area contributed by atoms with E-state index in [0.29, 0.717) is 0 Å². The molecule has 0 fully saturated rings. The van der Waals surface area contributed by atoms with Crippen molar-refractivity contribution in [2.45, 2.75) is 32.3 Å². The van der Waals surface area contributed by atoms with Crippen LogP contribution >= 0.6 is 0 Å². The van der Waals surface area contributed by atoms with Gasteiger partial charge in [0, 0.05) is 5.56 Å². The highest BCUT2D eigenvalue weighted by Gasteiger charge is 2.29. The Hall–Kier alpha value is -1.35. The van der Waals surface area contributed by atoms with Crippen LogP contribution in [0.2, 0.25) is 0 Å². The number of hydrogen-bond donors (Lipinski definition) is 0. The van der Waals surface area contributed by atoms with Crippen LogP contribution in [-0.4, -0.2) is 11.4 Å². The minimum absolute atomic E-state index is 0. The Bertz CT molecular complexity index is 346. The molecule has 15 heavy (non-hydrogen) atoms. The van der Waals surface area contributed by atoms with Crippen molar-refractivity contribution in [3.63, 3.8) is 0 Å². The molecule has 2 N–H and O–H groups in total. The van der Waals surface area contributed by atoms with Gasteiger partial charge in [-0.25, -0.2) is 4.79 Å². The van der Waals surface area contributed by atoms with Crippen LogP contribution in [0.25, 0.3) is 0 Å². The number of rotatable bonds is 3. The second-order valence-electron chi connectivity index (χ2n) is 3.62. The van der Waals surface area contributed by atoms with Crippen molar-refractivity contribution in [3.05, 3.63) is 35.4 Å². The number of benzene rings is 1. The van der Waals surface area contributed by atoms with Crippen LogP contribution < -0.4 is 0 Å². The second-order valence-corrected chi connectivity index (χ2v) is 3.62. The van der Waals surface area contributed by atoms with Gasteiger partial charge in [0.1, 0.15) is 6.10 Å². The van der Waals surface area contributed by atoms with E-state index < -0.39 is 0 Å². The summed E-state index contributed by atoms with van der Waals surface area (Å²) in [5.74, 6) is -0.165. The van der Waals surface area contributed by atoms with Crippen LogP contribution in [-0.2, 0) is 4.74 Å². The van der Waals surface area contributed by atoms with Gasteiger partial charge in [0.15, 0.2) is 0 Å². The lowest BCUT2D eigenvalue weighted by molar-refractivity contribution is 0.0364. The zero-order valence-corrected chi connectivity index (χ0v) is 8.82. The van der Waals surface area contributed by atoms with Gasteiger partial charge in [-0.3, -0.25) is 0 Å². The summed E-state index contributed by atoms with van der Waals surface area (Å²) < 4.78 is 5.29. The predicted octanol–water partition coefficient (Wildman–Crippen LogP) is 2.26. The molecular weight excluding hydrogens is 192 g/mol. The minimum atomic E-state index is -0.165. The number of unbranched alkanes of at least 4 members (excludes halogenated alkanes) is 1. The van der Waals surface area contributed by atoms with Gasteiger partial charge in [-0.1, -0.05) is 31.5 Å². The highest BCUT2D eigenvalue weighted by Crippen LogP contribution is 2.33. The smallest absolute Gasteiger partial charge is 0.339 e. The van der Waals surface area contributed by atoms with Crippen LogP contribution in [0.3, 0.4) is 0 Å². The summed E-state index contributed by atoms with van der Waals surface area (Å²) in [6.45, 7) is 2.14. The third-order valence-electron chi connectivity index (χ3n) is 2.60. The van der Waals surface area contributed by atoms with E-state index in [1.165, 1.54) is 0 Å². The van der Waals surface area contributed by atoms with Gasteiger partial charge in [-0.05, 0) is 18.9 Å². The standard InChI is InChI=1S/C12H14O2.H2O/c1-2-3-8-11-9-6-4-5-7-10(9)12(13)14-11;/h4-7,11H,2-3,8H2,1H3;1H2. The Morgan fingerprint density at radius 2 is 2.07 bits per heavy atom. The first-order valence-corrected chi connectivity index (χ1v) is 5.13. The van der Waals surface area contributed by atoms with Crippen LogP contribution in [0.15, 0.2) is 24.3 Å². The summed E-state index contributed by atoms with van der Waals surface area (Å²) in [6, 6.07) is 7.66. The second kappa shape index (κ2) is 4.94. The van der Waals surface area contributed by atoms with Gasteiger partial charge in [-0.15, -0.1) is 0 Å². The summed E-state index contributed by atoms with van der Waals surface area (Å²) in [6.07, 6.45) is 3.18. The molecule has 0 saturated heterocycles. The number of fused-ring (bicyclic) bond motifs is 1. The van der Waals surface area contributed by atoms with Gasteiger partial charge < -0.3 is 10.2 Å². The molecule has 1 heterocycles. The first kappa shape index (κ1) is 11.7. The van der Waals surface area contributed by atoms with E-state index in [-0.39, 0.29) is 17.5 Å². The Morgan fingerprint density at radius 3 is 2.80 bits per heavy atom. The lowest BCUT2D eigenvalue weighted by Crippen LogP contribution is -1.98. The van der Waals surface area contributed by atoms with Gasteiger partial charge in [0.2, 0.25) is 0 Å². The van der Waals surface area contributed by atoms with Crippen molar-refractivity contribution < 1.29 is 15.0 Å². The Balaban J connectivity index is 0.00000112. The molecule has 1 aromatic carbocycles. The highest BCUT2D eigenvalue weighted by atomic mass is 16.5. The van der Waals surface area contributed by atoms with Crippen molar-refractivity contribution in [2.75, 3.05) is 0 Å². The molecule has 0 amide bonds. The summed E-state index contributed by atoms with van der Waals surface area (Å²) in [5.41, 5.74) is 1.81. The maximum Gasteiger partial charge on any atom is 0.339 e. The molecule has 1 aliphatic heterocycles. The molecule has 3 heteroatoms. The number of hydrogen-bond acceptors (Lipinski definition) is 2. The fraction of sp³-hybridized carbons (Fsp3) is 0.417. The molecule has 82 valence electrons. The fourth-order valence-electron chi connectivity index (χ4n) is 1.82. The summed E-state index contributed by atoms with van der Waals surface area (Å²) >= 11 is 0. The molecule has 0 spiro atoms. The Morgan fingerprint density at radius 1 is 1.33 bits per heavy atom. The largest absolute Gasteiger partial charge is 0.454 e. The van der Waals surface area contributed by atoms with E-state index in [4.69, 9.17) is 4.74 Å². The van der Waals surface area contributed by atoms with Gasteiger partial charge in [0.05, 0.1) is 5.56 Å². The van der Waals surface area contributed by atoms with Crippen LogP contribution in [0, 0.1) is 0 Å². The third-order valence-corrected chi connectivity index (χ3v) is 2.60. The first-order valence-electron chi connectivity index (χ1n) is 5.13. The van der Waals surface area contributed by atoms with E-state index in [0.717, 1.165) is 30.4 Å². The molecule has 1 unspecified atom stereocenters. The zero-order valence-electron chi connectivity index (χ0n) is 8.82. The number of carbonyl (C=O) groups is 1. The van der Waals surface area contributed by atoms with Gasteiger partial charge >= 0.3 is 5.97 Å². The Kier molecular flexibility index (Phi) is 3.86. The fourth-order valence-corrected chi connectivity index (χ4v) is 1.82. The molecule has 1 aromatic rings. The molecule has 0 radical (unpaired) electrons. The third kappa shape index (κ3) is 2.18. The summed E-state index contributed by atoms with van der Waals surface area (Å²) in [7, 11) is 0. The van der Waals surface area contributed by atoms with E-state index in [1.54, 1.807) is 0 Å². The van der Waals surface area contributed by atoms with Crippen molar-refractivity contribution in [1.29, 1.82) is 0 Å². The molecule has 1 atom stereocenters. The van der Waals surface area contributed by atoms with Crippen molar-refractivity contribution >= 4 is 5.97 Å². The summed E-state index contributed by atoms with van der Waals surface area (Å²) in [4.78, 5) is 11.4. The normalized spacial score (nSPS) is 17.9. The van der Waals surface area contributed by atoms with Crippen molar-refractivity contribution in [3.8, 4) is 0 Å². The number of ether oxygens (including phenoxy) is 1. The maximum atomic E-state index is 11.4. The van der Waals surface area contributed by atoms with E-state index in [9.17, 15) is 4.79 Å². The lowest BCUT2D eigenvalue weighted by atomic mass is 10.0.